The molecule has 0 bridgehead atoms. The molecule has 0 radical (unpaired) electrons. The van der Waals surface area contributed by atoms with Gasteiger partial charge in [0.25, 0.3) is 5.91 Å². The second-order valence-electron chi connectivity index (χ2n) is 6.01. The molecule has 2 heterocycles. The summed E-state index contributed by atoms with van der Waals surface area (Å²) in [6, 6.07) is 11.2. The fraction of sp³-hybridized carbons (Fsp3) is 0.278. The summed E-state index contributed by atoms with van der Waals surface area (Å²) >= 11 is 0. The number of aromatic nitrogens is 1. The molecule has 0 unspecified atom stereocenters. The van der Waals surface area contributed by atoms with E-state index < -0.39 is 10.0 Å². The minimum atomic E-state index is -3.70. The predicted molar refractivity (Wildman–Crippen MR) is 99.8 cm³/mol. The summed E-state index contributed by atoms with van der Waals surface area (Å²) in [6.07, 6.45) is 2.84. The molecule has 142 valence electrons. The van der Waals surface area contributed by atoms with Gasteiger partial charge < -0.3 is 10.2 Å². The van der Waals surface area contributed by atoms with Crippen molar-refractivity contribution in [2.45, 2.75) is 17.7 Å². The molecule has 0 aliphatic carbocycles. The van der Waals surface area contributed by atoms with Gasteiger partial charge >= 0.3 is 0 Å². The first kappa shape index (κ1) is 19.0. The lowest BCUT2D eigenvalue weighted by molar-refractivity contribution is -0.117. The van der Waals surface area contributed by atoms with Gasteiger partial charge in [-0.1, -0.05) is 6.07 Å². The number of pyridine rings is 1. The Morgan fingerprint density at radius 1 is 1.11 bits per heavy atom. The van der Waals surface area contributed by atoms with Crippen molar-refractivity contribution in [2.24, 2.45) is 0 Å². The number of amides is 2. The van der Waals surface area contributed by atoms with Gasteiger partial charge in [-0.25, -0.2) is 13.1 Å². The maximum atomic E-state index is 12.3. The van der Waals surface area contributed by atoms with Gasteiger partial charge in [0.2, 0.25) is 15.9 Å². The monoisotopic (exact) mass is 388 g/mol. The van der Waals surface area contributed by atoms with Gasteiger partial charge in [0, 0.05) is 37.9 Å². The maximum Gasteiger partial charge on any atom is 0.269 e. The van der Waals surface area contributed by atoms with Crippen LogP contribution in [0.3, 0.4) is 0 Å². The van der Waals surface area contributed by atoms with Crippen molar-refractivity contribution in [2.75, 3.05) is 24.5 Å². The van der Waals surface area contributed by atoms with Crippen molar-refractivity contribution in [1.82, 2.24) is 15.0 Å². The zero-order valence-corrected chi connectivity index (χ0v) is 15.4. The van der Waals surface area contributed by atoms with Crippen LogP contribution in [0.2, 0.25) is 0 Å². The summed E-state index contributed by atoms with van der Waals surface area (Å²) in [6.45, 7) is 0.835. The van der Waals surface area contributed by atoms with E-state index in [0.29, 0.717) is 18.7 Å². The number of hydrogen-bond donors (Lipinski definition) is 2. The molecule has 8 nitrogen and oxygen atoms in total. The van der Waals surface area contributed by atoms with Crippen LogP contribution in [0.4, 0.5) is 5.69 Å². The summed E-state index contributed by atoms with van der Waals surface area (Å²) in [4.78, 5) is 29.3. The smallest absolute Gasteiger partial charge is 0.269 e. The molecule has 0 saturated carbocycles. The average molecular weight is 388 g/mol. The normalized spacial score (nSPS) is 14.4. The standard InChI is InChI=1S/C18H20N4O4S/c23-17-5-3-13-22(17)14-6-8-15(9-7-14)27(25,26)21-12-11-20-18(24)16-4-1-2-10-19-16/h1-2,4,6-10,21H,3,5,11-13H2,(H,20,24). The first-order chi connectivity index (χ1) is 13.0. The SMILES string of the molecule is O=C(NCCNS(=O)(=O)c1ccc(N2CCCC2=O)cc1)c1ccccn1. The fourth-order valence-electron chi connectivity index (χ4n) is 2.76. The van der Waals surface area contributed by atoms with Crippen LogP contribution in [0.1, 0.15) is 23.3 Å². The Bertz CT molecular complexity index is 914. The number of benzene rings is 1. The Morgan fingerprint density at radius 2 is 1.89 bits per heavy atom. The van der Waals surface area contributed by atoms with E-state index in [1.165, 1.54) is 18.3 Å². The zero-order valence-electron chi connectivity index (χ0n) is 14.6. The fourth-order valence-corrected chi connectivity index (χ4v) is 3.79. The molecule has 0 atom stereocenters. The average Bonchev–Trinajstić information content (AvgIpc) is 3.12. The molecule has 2 aromatic rings. The molecule has 2 amide bonds. The van der Waals surface area contributed by atoms with Crippen LogP contribution < -0.4 is 14.9 Å². The third kappa shape index (κ3) is 4.69. The number of hydrogen-bond acceptors (Lipinski definition) is 5. The molecule has 9 heteroatoms. The summed E-state index contributed by atoms with van der Waals surface area (Å²) in [5, 5.41) is 2.60. The maximum absolute atomic E-state index is 12.3. The number of rotatable bonds is 7. The van der Waals surface area contributed by atoms with Crippen LogP contribution in [0, 0.1) is 0 Å². The van der Waals surface area contributed by atoms with Crippen molar-refractivity contribution < 1.29 is 18.0 Å². The lowest BCUT2D eigenvalue weighted by Gasteiger charge is -2.16. The van der Waals surface area contributed by atoms with Crippen LogP contribution in [0.15, 0.2) is 53.6 Å². The molecule has 1 aliphatic rings. The number of anilines is 1. The number of nitrogens with zero attached hydrogens (tertiary/aromatic N) is 2. The van der Waals surface area contributed by atoms with Gasteiger partial charge in [0.15, 0.2) is 0 Å². The third-order valence-corrected chi connectivity index (χ3v) is 5.61. The molecule has 1 fully saturated rings. The largest absolute Gasteiger partial charge is 0.349 e. The van der Waals surface area contributed by atoms with Gasteiger partial charge in [-0.2, -0.15) is 0 Å². The minimum absolute atomic E-state index is 0.0485. The molecule has 2 N–H and O–H groups in total. The lowest BCUT2D eigenvalue weighted by Crippen LogP contribution is -2.35. The van der Waals surface area contributed by atoms with Crippen LogP contribution in [-0.2, 0) is 14.8 Å². The second kappa shape index (κ2) is 8.28. The van der Waals surface area contributed by atoms with Crippen molar-refractivity contribution in [3.63, 3.8) is 0 Å². The van der Waals surface area contributed by atoms with Crippen molar-refractivity contribution in [1.29, 1.82) is 0 Å². The van der Waals surface area contributed by atoms with Crippen LogP contribution >= 0.6 is 0 Å². The van der Waals surface area contributed by atoms with Gasteiger partial charge in [-0.15, -0.1) is 0 Å². The highest BCUT2D eigenvalue weighted by atomic mass is 32.2. The highest BCUT2D eigenvalue weighted by molar-refractivity contribution is 7.89. The van der Waals surface area contributed by atoms with E-state index in [1.54, 1.807) is 35.2 Å². The van der Waals surface area contributed by atoms with Crippen molar-refractivity contribution in [3.8, 4) is 0 Å². The van der Waals surface area contributed by atoms with Gasteiger partial charge in [-0.3, -0.25) is 14.6 Å². The molecule has 1 aromatic heterocycles. The van der Waals surface area contributed by atoms with Crippen LogP contribution in [0.5, 0.6) is 0 Å². The van der Waals surface area contributed by atoms with E-state index in [-0.39, 0.29) is 35.5 Å². The van der Waals surface area contributed by atoms with E-state index in [9.17, 15) is 18.0 Å². The molecule has 1 saturated heterocycles. The first-order valence-electron chi connectivity index (χ1n) is 8.57. The van der Waals surface area contributed by atoms with Gasteiger partial charge in [0.05, 0.1) is 4.90 Å². The molecular formula is C18H20N4O4S. The third-order valence-electron chi connectivity index (χ3n) is 4.13. The highest BCUT2D eigenvalue weighted by Crippen LogP contribution is 2.22. The van der Waals surface area contributed by atoms with E-state index in [0.717, 1.165) is 6.42 Å². The molecule has 27 heavy (non-hydrogen) atoms. The molecule has 0 spiro atoms. The van der Waals surface area contributed by atoms with Crippen molar-refractivity contribution >= 4 is 27.5 Å². The molecule has 1 aliphatic heterocycles. The summed E-state index contributed by atoms with van der Waals surface area (Å²) < 4.78 is 27.1. The Hall–Kier alpha value is -2.78. The van der Waals surface area contributed by atoms with E-state index in [2.05, 4.69) is 15.0 Å². The second-order valence-corrected chi connectivity index (χ2v) is 7.78. The van der Waals surface area contributed by atoms with Gasteiger partial charge in [-0.05, 0) is 42.8 Å². The predicted octanol–water partition coefficient (Wildman–Crippen LogP) is 0.917. The molecule has 3 rings (SSSR count). The highest BCUT2D eigenvalue weighted by Gasteiger charge is 2.22. The number of sulfonamides is 1. The number of nitrogens with one attached hydrogen (secondary N) is 2. The molecular weight excluding hydrogens is 368 g/mol. The summed E-state index contributed by atoms with van der Waals surface area (Å²) in [5.74, 6) is -0.318. The van der Waals surface area contributed by atoms with Crippen LogP contribution in [0.25, 0.3) is 0 Å². The number of carbonyl (C=O) groups is 2. The quantitative estimate of drug-likeness (QED) is 0.686. The van der Waals surface area contributed by atoms with Crippen molar-refractivity contribution in [3.05, 3.63) is 54.4 Å². The lowest BCUT2D eigenvalue weighted by atomic mass is 10.3. The van der Waals surface area contributed by atoms with Crippen LogP contribution in [-0.4, -0.2) is 44.9 Å². The Kier molecular flexibility index (Phi) is 5.82. The number of carbonyl (C=O) groups excluding carboxylic acids is 2. The summed E-state index contributed by atoms with van der Waals surface area (Å²) in [5.41, 5.74) is 0.964. The Morgan fingerprint density at radius 3 is 2.52 bits per heavy atom. The first-order valence-corrected chi connectivity index (χ1v) is 10.0. The van der Waals surface area contributed by atoms with Gasteiger partial charge in [0.1, 0.15) is 5.69 Å². The van der Waals surface area contributed by atoms with E-state index in [1.807, 2.05) is 0 Å². The topological polar surface area (TPSA) is 108 Å². The Balaban J connectivity index is 1.52. The minimum Gasteiger partial charge on any atom is -0.349 e. The zero-order chi connectivity index (χ0) is 19.3. The summed E-state index contributed by atoms with van der Waals surface area (Å²) in [7, 11) is -3.70. The molecule has 1 aromatic carbocycles. The van der Waals surface area contributed by atoms with E-state index >= 15 is 0 Å². The van der Waals surface area contributed by atoms with E-state index in [4.69, 9.17) is 0 Å². The Labute approximate surface area is 157 Å².